The van der Waals surface area contributed by atoms with Crippen LogP contribution < -0.4 is 5.32 Å². The van der Waals surface area contributed by atoms with E-state index < -0.39 is 0 Å². The van der Waals surface area contributed by atoms with Crippen molar-refractivity contribution in [1.82, 2.24) is 5.32 Å². The van der Waals surface area contributed by atoms with Crippen LogP contribution in [0.15, 0.2) is 0 Å². The van der Waals surface area contributed by atoms with E-state index in [2.05, 4.69) is 5.32 Å². The summed E-state index contributed by atoms with van der Waals surface area (Å²) in [7, 11) is 0. The molecule has 22 heavy (non-hydrogen) atoms. The number of nitrogens with one attached hydrogen (secondary N) is 1. The van der Waals surface area contributed by atoms with Crippen molar-refractivity contribution < 1.29 is 33.9 Å². The molecule has 0 bridgehead atoms. The van der Waals surface area contributed by atoms with E-state index in [1.807, 2.05) is 0 Å². The lowest BCUT2D eigenvalue weighted by Crippen LogP contribution is -2.23. The maximum Gasteiger partial charge on any atom is 0.0701 e. The van der Waals surface area contributed by atoms with Gasteiger partial charge in [0.15, 0.2) is 0 Å². The number of hydrogen-bond acceptors (Lipinski definition) is 8. The fourth-order valence-electron chi connectivity index (χ4n) is 1.39. The first kappa shape index (κ1) is 21.7. The summed E-state index contributed by atoms with van der Waals surface area (Å²) in [6.45, 7) is 6.66. The molecule has 0 saturated heterocycles. The minimum atomic E-state index is 0.0365. The van der Waals surface area contributed by atoms with Crippen molar-refractivity contribution in [3.63, 3.8) is 0 Å². The van der Waals surface area contributed by atoms with Gasteiger partial charge in [-0.3, -0.25) is 0 Å². The van der Waals surface area contributed by atoms with Gasteiger partial charge in [0.05, 0.1) is 79.3 Å². The van der Waals surface area contributed by atoms with Crippen molar-refractivity contribution in [3.8, 4) is 0 Å². The zero-order valence-corrected chi connectivity index (χ0v) is 13.3. The summed E-state index contributed by atoms with van der Waals surface area (Å²) < 4.78 is 26.3. The van der Waals surface area contributed by atoms with Crippen molar-refractivity contribution in [2.45, 2.75) is 0 Å². The molecule has 0 saturated carbocycles. The highest BCUT2D eigenvalue weighted by Gasteiger charge is 1.93. The molecule has 0 aliphatic heterocycles. The largest absolute Gasteiger partial charge is 0.395 e. The Balaban J connectivity index is 2.91. The highest BCUT2D eigenvalue weighted by molar-refractivity contribution is 4.43. The van der Waals surface area contributed by atoms with Gasteiger partial charge in [-0.2, -0.15) is 0 Å². The van der Waals surface area contributed by atoms with E-state index >= 15 is 0 Å². The molecular weight excluding hydrogens is 294 g/mol. The van der Waals surface area contributed by atoms with Crippen molar-refractivity contribution in [3.05, 3.63) is 0 Å². The zero-order chi connectivity index (χ0) is 16.1. The number of rotatable bonds is 19. The lowest BCUT2D eigenvalue weighted by Gasteiger charge is -2.08. The summed E-state index contributed by atoms with van der Waals surface area (Å²) in [6, 6.07) is 0. The smallest absolute Gasteiger partial charge is 0.0701 e. The summed E-state index contributed by atoms with van der Waals surface area (Å²) in [4.78, 5) is 0. The second-order valence-electron chi connectivity index (χ2n) is 4.26. The molecule has 0 spiro atoms. The standard InChI is InChI=1S/C14H31NO7/c16-3-1-15-2-5-18-7-9-20-11-13-22-14-12-21-10-8-19-6-4-17/h15-17H,1-14H2. The van der Waals surface area contributed by atoms with Crippen LogP contribution in [0.3, 0.4) is 0 Å². The van der Waals surface area contributed by atoms with Gasteiger partial charge in [0.25, 0.3) is 0 Å². The zero-order valence-electron chi connectivity index (χ0n) is 13.3. The minimum absolute atomic E-state index is 0.0365. The van der Waals surface area contributed by atoms with Crippen LogP contribution in [0.4, 0.5) is 0 Å². The molecule has 0 rings (SSSR count). The van der Waals surface area contributed by atoms with Crippen molar-refractivity contribution >= 4 is 0 Å². The summed E-state index contributed by atoms with van der Waals surface area (Å²) in [5, 5.41) is 20.0. The molecule has 0 atom stereocenters. The van der Waals surface area contributed by atoms with E-state index in [0.717, 1.165) is 6.54 Å². The van der Waals surface area contributed by atoms with Crippen LogP contribution in [-0.4, -0.2) is 103 Å². The SMILES string of the molecule is OCCNCCOCCOCCOCCOCCOCCO. The molecule has 0 aliphatic rings. The Morgan fingerprint density at radius 2 is 0.864 bits per heavy atom. The Hall–Kier alpha value is -0.320. The van der Waals surface area contributed by atoms with E-state index in [9.17, 15) is 0 Å². The third-order valence-corrected chi connectivity index (χ3v) is 2.44. The Morgan fingerprint density at radius 3 is 1.27 bits per heavy atom. The highest BCUT2D eigenvalue weighted by Crippen LogP contribution is 1.83. The van der Waals surface area contributed by atoms with Crippen LogP contribution in [0.25, 0.3) is 0 Å². The number of ether oxygens (including phenoxy) is 5. The molecular formula is C14H31NO7. The average Bonchev–Trinajstić information content (AvgIpc) is 2.54. The normalized spacial score (nSPS) is 11.2. The van der Waals surface area contributed by atoms with Gasteiger partial charge in [0, 0.05) is 13.1 Å². The van der Waals surface area contributed by atoms with Crippen LogP contribution in [0, 0.1) is 0 Å². The van der Waals surface area contributed by atoms with E-state index in [1.165, 1.54) is 0 Å². The first-order chi connectivity index (χ1) is 10.9. The molecule has 0 radical (unpaired) electrons. The monoisotopic (exact) mass is 325 g/mol. The van der Waals surface area contributed by atoms with Gasteiger partial charge in [0.2, 0.25) is 0 Å². The average molecular weight is 325 g/mol. The first-order valence-electron chi connectivity index (χ1n) is 7.73. The molecule has 8 nitrogen and oxygen atoms in total. The third-order valence-electron chi connectivity index (χ3n) is 2.44. The Kier molecular flexibility index (Phi) is 20.4. The highest BCUT2D eigenvalue weighted by atomic mass is 16.6. The molecule has 0 amide bonds. The van der Waals surface area contributed by atoms with E-state index in [-0.39, 0.29) is 13.2 Å². The van der Waals surface area contributed by atoms with Crippen LogP contribution >= 0.6 is 0 Å². The number of hydrogen-bond donors (Lipinski definition) is 3. The van der Waals surface area contributed by atoms with Gasteiger partial charge in [-0.05, 0) is 0 Å². The molecule has 0 aromatic carbocycles. The maximum absolute atomic E-state index is 8.54. The van der Waals surface area contributed by atoms with Gasteiger partial charge in [-0.1, -0.05) is 0 Å². The molecule has 0 aliphatic carbocycles. The summed E-state index contributed by atoms with van der Waals surface area (Å²) in [6.07, 6.45) is 0. The Labute approximate surface area is 132 Å². The molecule has 0 aromatic heterocycles. The molecule has 0 fully saturated rings. The van der Waals surface area contributed by atoms with Gasteiger partial charge >= 0.3 is 0 Å². The molecule has 0 unspecified atom stereocenters. The fourth-order valence-corrected chi connectivity index (χ4v) is 1.39. The Bertz CT molecular complexity index is 178. The van der Waals surface area contributed by atoms with Gasteiger partial charge < -0.3 is 39.2 Å². The number of aliphatic hydroxyl groups is 2. The molecule has 0 aromatic rings. The molecule has 8 heteroatoms. The molecule has 134 valence electrons. The second kappa shape index (κ2) is 20.7. The minimum Gasteiger partial charge on any atom is -0.395 e. The predicted molar refractivity (Wildman–Crippen MR) is 81.1 cm³/mol. The van der Waals surface area contributed by atoms with Crippen molar-refractivity contribution in [1.29, 1.82) is 0 Å². The van der Waals surface area contributed by atoms with E-state index in [4.69, 9.17) is 33.9 Å². The van der Waals surface area contributed by atoms with Crippen LogP contribution in [0.5, 0.6) is 0 Å². The van der Waals surface area contributed by atoms with Crippen molar-refractivity contribution in [2.75, 3.05) is 92.4 Å². The third kappa shape index (κ3) is 19.7. The van der Waals surface area contributed by atoms with Crippen LogP contribution in [0.1, 0.15) is 0 Å². The lowest BCUT2D eigenvalue weighted by atomic mass is 10.6. The maximum atomic E-state index is 8.54. The summed E-state index contributed by atoms with van der Waals surface area (Å²) >= 11 is 0. The van der Waals surface area contributed by atoms with Crippen molar-refractivity contribution in [2.24, 2.45) is 0 Å². The van der Waals surface area contributed by atoms with Gasteiger partial charge in [-0.25, -0.2) is 0 Å². The second-order valence-corrected chi connectivity index (χ2v) is 4.26. The summed E-state index contributed by atoms with van der Waals surface area (Å²) in [5.74, 6) is 0. The topological polar surface area (TPSA) is 98.6 Å². The van der Waals surface area contributed by atoms with Gasteiger partial charge in [0.1, 0.15) is 0 Å². The first-order valence-corrected chi connectivity index (χ1v) is 7.73. The molecule has 3 N–H and O–H groups in total. The fraction of sp³-hybridized carbons (Fsp3) is 1.00. The van der Waals surface area contributed by atoms with Crippen LogP contribution in [-0.2, 0) is 23.7 Å². The predicted octanol–water partition coefficient (Wildman–Crippen LogP) is -1.36. The quantitative estimate of drug-likeness (QED) is 0.251. The lowest BCUT2D eigenvalue weighted by molar-refractivity contribution is -0.0130. The number of aliphatic hydroxyl groups excluding tert-OH is 2. The van der Waals surface area contributed by atoms with E-state index in [0.29, 0.717) is 72.6 Å². The van der Waals surface area contributed by atoms with Gasteiger partial charge in [-0.15, -0.1) is 0 Å². The Morgan fingerprint density at radius 1 is 0.455 bits per heavy atom. The van der Waals surface area contributed by atoms with Crippen LogP contribution in [0.2, 0.25) is 0 Å². The summed E-state index contributed by atoms with van der Waals surface area (Å²) in [5.41, 5.74) is 0. The molecule has 0 heterocycles. The van der Waals surface area contributed by atoms with E-state index in [1.54, 1.807) is 0 Å².